The monoisotopic (exact) mass is 399 g/mol. The molecule has 0 bridgehead atoms. The Morgan fingerprint density at radius 3 is 2.43 bits per heavy atom. The summed E-state index contributed by atoms with van der Waals surface area (Å²) in [5.74, 6) is 0.496. The molecule has 0 radical (unpaired) electrons. The van der Waals surface area contributed by atoms with Gasteiger partial charge in [0.15, 0.2) is 0 Å². The second kappa shape index (κ2) is 7.97. The highest BCUT2D eigenvalue weighted by molar-refractivity contribution is 5.79. The molecule has 1 amide bonds. The molecule has 0 saturated carbocycles. The van der Waals surface area contributed by atoms with Crippen LogP contribution in [0.2, 0.25) is 0 Å². The van der Waals surface area contributed by atoms with Crippen molar-refractivity contribution in [2.24, 2.45) is 11.8 Å². The molecule has 154 valence electrons. The maximum Gasteiger partial charge on any atom is 0.416 e. The Bertz CT molecular complexity index is 746. The van der Waals surface area contributed by atoms with Crippen LogP contribution in [0.3, 0.4) is 0 Å². The summed E-state index contributed by atoms with van der Waals surface area (Å²) < 4.78 is 38.6. The van der Waals surface area contributed by atoms with Crippen molar-refractivity contribution in [3.8, 4) is 0 Å². The van der Waals surface area contributed by atoms with Crippen LogP contribution in [0.15, 0.2) is 18.2 Å². The number of likely N-dealkylation sites (tertiary alicyclic amines) is 1. The van der Waals surface area contributed by atoms with E-state index in [4.69, 9.17) is 0 Å². The smallest absolute Gasteiger partial charge is 0.366 e. The number of carbonyl (C=O) groups excluding carboxylic acids is 1. The third kappa shape index (κ3) is 4.39. The minimum absolute atomic E-state index is 0.130. The Morgan fingerprint density at radius 1 is 1.18 bits per heavy atom. The van der Waals surface area contributed by atoms with Crippen LogP contribution in [0, 0.1) is 22.0 Å². The number of nitro groups is 1. The van der Waals surface area contributed by atoms with Crippen LogP contribution in [-0.4, -0.2) is 41.9 Å². The lowest BCUT2D eigenvalue weighted by atomic mass is 9.92. The molecule has 2 fully saturated rings. The number of benzene rings is 1. The van der Waals surface area contributed by atoms with Crippen molar-refractivity contribution in [3.05, 3.63) is 33.9 Å². The quantitative estimate of drug-likeness (QED) is 0.567. The average molecular weight is 399 g/mol. The summed E-state index contributed by atoms with van der Waals surface area (Å²) in [4.78, 5) is 26.9. The second-order valence-electron chi connectivity index (χ2n) is 7.75. The fourth-order valence-corrected chi connectivity index (χ4v) is 4.13. The maximum atomic E-state index is 12.9. The first-order chi connectivity index (χ1) is 13.2. The molecule has 6 nitrogen and oxygen atoms in total. The van der Waals surface area contributed by atoms with E-state index in [9.17, 15) is 28.1 Å². The number of hydrogen-bond acceptors (Lipinski definition) is 4. The number of piperidine rings is 2. The van der Waals surface area contributed by atoms with Crippen molar-refractivity contribution in [3.63, 3.8) is 0 Å². The van der Waals surface area contributed by atoms with Crippen LogP contribution >= 0.6 is 0 Å². The van der Waals surface area contributed by atoms with Crippen LogP contribution in [0.1, 0.15) is 38.2 Å². The van der Waals surface area contributed by atoms with Crippen LogP contribution in [0.25, 0.3) is 0 Å². The zero-order valence-corrected chi connectivity index (χ0v) is 15.7. The van der Waals surface area contributed by atoms with Gasteiger partial charge in [-0.05, 0) is 43.7 Å². The third-order valence-electron chi connectivity index (χ3n) is 5.65. The summed E-state index contributed by atoms with van der Waals surface area (Å²) in [6.45, 7) is 4.49. The number of hydrogen-bond donors (Lipinski definition) is 0. The highest BCUT2D eigenvalue weighted by Gasteiger charge is 2.35. The SMILES string of the molecule is CC1CCCN(C(=O)C2CCN(c3ccc(C(F)(F)F)cc3[N+](=O)[O-])CC2)C1. The Hall–Kier alpha value is -2.32. The van der Waals surface area contributed by atoms with E-state index >= 15 is 0 Å². The van der Waals surface area contributed by atoms with Crippen molar-refractivity contribution in [2.75, 3.05) is 31.1 Å². The van der Waals surface area contributed by atoms with Gasteiger partial charge in [-0.3, -0.25) is 14.9 Å². The van der Waals surface area contributed by atoms with Gasteiger partial charge in [-0.1, -0.05) is 6.92 Å². The lowest BCUT2D eigenvalue weighted by Crippen LogP contribution is -2.46. The molecule has 2 aliphatic heterocycles. The van der Waals surface area contributed by atoms with Gasteiger partial charge in [-0.2, -0.15) is 13.2 Å². The van der Waals surface area contributed by atoms with Crippen molar-refractivity contribution in [2.45, 2.75) is 38.8 Å². The van der Waals surface area contributed by atoms with Crippen LogP contribution < -0.4 is 4.90 Å². The Balaban J connectivity index is 1.69. The summed E-state index contributed by atoms with van der Waals surface area (Å²) in [6, 6.07) is 2.62. The van der Waals surface area contributed by atoms with Crippen LogP contribution in [0.4, 0.5) is 24.5 Å². The van der Waals surface area contributed by atoms with Gasteiger partial charge in [0.25, 0.3) is 5.69 Å². The van der Waals surface area contributed by atoms with E-state index in [0.717, 1.165) is 38.1 Å². The molecule has 28 heavy (non-hydrogen) atoms. The van der Waals surface area contributed by atoms with Gasteiger partial charge >= 0.3 is 6.18 Å². The predicted molar refractivity (Wildman–Crippen MR) is 98.0 cm³/mol. The molecule has 1 atom stereocenters. The molecule has 2 aliphatic rings. The average Bonchev–Trinajstić information content (AvgIpc) is 2.66. The molecule has 0 N–H and O–H groups in total. The van der Waals surface area contributed by atoms with Gasteiger partial charge in [0.05, 0.1) is 10.5 Å². The van der Waals surface area contributed by atoms with Crippen molar-refractivity contribution < 1.29 is 22.9 Å². The lowest BCUT2D eigenvalue weighted by molar-refractivity contribution is -0.384. The summed E-state index contributed by atoms with van der Waals surface area (Å²) in [7, 11) is 0. The van der Waals surface area contributed by atoms with Gasteiger partial charge in [0.1, 0.15) is 5.69 Å². The summed E-state index contributed by atoms with van der Waals surface area (Å²) in [5.41, 5.74) is -1.41. The zero-order chi connectivity index (χ0) is 20.5. The first-order valence-corrected chi connectivity index (χ1v) is 9.56. The standard InChI is InChI=1S/C19H24F3N3O3/c1-13-3-2-8-24(12-13)18(26)14-6-9-23(10-7-14)16-5-4-15(19(20,21)22)11-17(16)25(27)28/h4-5,11,13-14H,2-3,6-10,12H2,1H3. The number of nitrogens with zero attached hydrogens (tertiary/aromatic N) is 3. The molecule has 1 aromatic rings. The summed E-state index contributed by atoms with van der Waals surface area (Å²) >= 11 is 0. The molecule has 0 aromatic heterocycles. The second-order valence-corrected chi connectivity index (χ2v) is 7.75. The Morgan fingerprint density at radius 2 is 1.86 bits per heavy atom. The minimum Gasteiger partial charge on any atom is -0.366 e. The van der Waals surface area contributed by atoms with Crippen LogP contribution in [0.5, 0.6) is 0 Å². The van der Waals surface area contributed by atoms with Gasteiger partial charge in [0, 0.05) is 38.2 Å². The van der Waals surface area contributed by atoms with E-state index in [1.54, 1.807) is 4.90 Å². The van der Waals surface area contributed by atoms with Crippen molar-refractivity contribution >= 4 is 17.3 Å². The lowest BCUT2D eigenvalue weighted by Gasteiger charge is -2.37. The van der Waals surface area contributed by atoms with Gasteiger partial charge in [-0.25, -0.2) is 0 Å². The number of halogens is 3. The molecule has 1 aromatic carbocycles. The van der Waals surface area contributed by atoms with E-state index in [2.05, 4.69) is 6.92 Å². The van der Waals surface area contributed by atoms with E-state index in [-0.39, 0.29) is 17.5 Å². The van der Waals surface area contributed by atoms with E-state index < -0.39 is 22.4 Å². The number of alkyl halides is 3. The molecule has 1 unspecified atom stereocenters. The fraction of sp³-hybridized carbons (Fsp3) is 0.632. The van der Waals surface area contributed by atoms with Crippen molar-refractivity contribution in [1.29, 1.82) is 0 Å². The van der Waals surface area contributed by atoms with Gasteiger partial charge < -0.3 is 9.80 Å². The molecule has 3 rings (SSSR count). The van der Waals surface area contributed by atoms with E-state index in [1.165, 1.54) is 0 Å². The van der Waals surface area contributed by atoms with Gasteiger partial charge in [-0.15, -0.1) is 0 Å². The number of rotatable bonds is 3. The van der Waals surface area contributed by atoms with Crippen molar-refractivity contribution in [1.82, 2.24) is 4.90 Å². The van der Waals surface area contributed by atoms with Crippen LogP contribution in [-0.2, 0) is 11.0 Å². The highest BCUT2D eigenvalue weighted by Crippen LogP contribution is 2.38. The first kappa shape index (κ1) is 20.4. The highest BCUT2D eigenvalue weighted by atomic mass is 19.4. The first-order valence-electron chi connectivity index (χ1n) is 9.56. The molecule has 9 heteroatoms. The molecule has 2 saturated heterocycles. The molecular formula is C19H24F3N3O3. The topological polar surface area (TPSA) is 66.7 Å². The zero-order valence-electron chi connectivity index (χ0n) is 15.7. The largest absolute Gasteiger partial charge is 0.416 e. The Kier molecular flexibility index (Phi) is 5.81. The van der Waals surface area contributed by atoms with Gasteiger partial charge in [0.2, 0.25) is 5.91 Å². The number of carbonyl (C=O) groups is 1. The minimum atomic E-state index is -4.63. The van der Waals surface area contributed by atoms with E-state index in [0.29, 0.717) is 37.9 Å². The number of nitro benzene ring substituents is 1. The van der Waals surface area contributed by atoms with E-state index in [1.807, 2.05) is 4.90 Å². The predicted octanol–water partition coefficient (Wildman–Crippen LogP) is 4.09. The normalized spacial score (nSPS) is 21.6. The molecule has 2 heterocycles. The Labute approximate surface area is 161 Å². The number of amides is 1. The third-order valence-corrected chi connectivity index (χ3v) is 5.65. The molecule has 0 spiro atoms. The summed E-state index contributed by atoms with van der Waals surface area (Å²) in [5, 5.41) is 11.3. The molecular weight excluding hydrogens is 375 g/mol. The maximum absolute atomic E-state index is 12.9. The fourth-order valence-electron chi connectivity index (χ4n) is 4.13. The summed E-state index contributed by atoms with van der Waals surface area (Å²) in [6.07, 6.45) is -1.42. The molecule has 0 aliphatic carbocycles. The number of anilines is 1.